The molecule has 0 aromatic heterocycles. The molecule has 0 radical (unpaired) electrons. The first kappa shape index (κ1) is 27.6. The minimum absolute atomic E-state index is 0. The standard InChI is InChI=1S/C22H35FN4O3.HI/c1-2-24-22(26-9-4-12-30-17-18-7-13-29-14-8-18)27-11-10-25-21(28)16-19-5-3-6-20(23)15-19;/h3,5-6,15,18H,2,4,7-14,16-17H2,1H3,(H,25,28)(H2,24,26,27);1H. The molecule has 31 heavy (non-hydrogen) atoms. The van der Waals surface area contributed by atoms with Crippen LogP contribution in [0.4, 0.5) is 4.39 Å². The second kappa shape index (κ2) is 17.1. The zero-order valence-electron chi connectivity index (χ0n) is 18.3. The van der Waals surface area contributed by atoms with E-state index in [0.29, 0.717) is 37.7 Å². The fourth-order valence-electron chi connectivity index (χ4n) is 3.14. The maximum absolute atomic E-state index is 13.2. The molecule has 1 aromatic rings. The number of hydrogen-bond donors (Lipinski definition) is 3. The van der Waals surface area contributed by atoms with Gasteiger partial charge in [0.05, 0.1) is 6.42 Å². The molecule has 0 bridgehead atoms. The quantitative estimate of drug-likeness (QED) is 0.161. The van der Waals surface area contributed by atoms with Crippen LogP contribution in [0, 0.1) is 11.7 Å². The molecule has 2 rings (SSSR count). The first-order valence-corrected chi connectivity index (χ1v) is 10.9. The molecule has 1 fully saturated rings. The Morgan fingerprint density at radius 1 is 1.23 bits per heavy atom. The average Bonchev–Trinajstić information content (AvgIpc) is 2.74. The topological polar surface area (TPSA) is 84.0 Å². The average molecular weight is 550 g/mol. The van der Waals surface area contributed by atoms with E-state index in [9.17, 15) is 9.18 Å². The largest absolute Gasteiger partial charge is 0.381 e. The lowest BCUT2D eigenvalue weighted by Gasteiger charge is -2.21. The van der Waals surface area contributed by atoms with Crippen LogP contribution in [0.2, 0.25) is 0 Å². The lowest BCUT2D eigenvalue weighted by Crippen LogP contribution is -2.41. The van der Waals surface area contributed by atoms with Crippen molar-refractivity contribution in [3.8, 4) is 0 Å². The highest BCUT2D eigenvalue weighted by Crippen LogP contribution is 2.14. The number of benzene rings is 1. The van der Waals surface area contributed by atoms with Gasteiger partial charge in [0.1, 0.15) is 5.82 Å². The number of aliphatic imine (C=N–C) groups is 1. The molecule has 1 aliphatic rings. The Hall–Kier alpha value is -1.46. The molecule has 7 nitrogen and oxygen atoms in total. The summed E-state index contributed by atoms with van der Waals surface area (Å²) in [5, 5.41) is 9.22. The van der Waals surface area contributed by atoms with E-state index in [0.717, 1.165) is 51.6 Å². The van der Waals surface area contributed by atoms with E-state index in [4.69, 9.17) is 9.47 Å². The molecule has 1 aromatic carbocycles. The number of amides is 1. The number of rotatable bonds is 12. The van der Waals surface area contributed by atoms with Gasteiger partial charge in [-0.3, -0.25) is 9.79 Å². The van der Waals surface area contributed by atoms with Gasteiger partial charge in [-0.25, -0.2) is 4.39 Å². The minimum Gasteiger partial charge on any atom is -0.381 e. The van der Waals surface area contributed by atoms with Gasteiger partial charge in [0.25, 0.3) is 0 Å². The van der Waals surface area contributed by atoms with E-state index < -0.39 is 0 Å². The lowest BCUT2D eigenvalue weighted by atomic mass is 10.0. The number of nitrogens with zero attached hydrogens (tertiary/aromatic N) is 1. The number of nitrogens with one attached hydrogen (secondary N) is 3. The van der Waals surface area contributed by atoms with Gasteiger partial charge in [-0.15, -0.1) is 24.0 Å². The number of hydrogen-bond acceptors (Lipinski definition) is 4. The monoisotopic (exact) mass is 550 g/mol. The SMILES string of the molecule is CCNC(=NCCCOCC1CCOCC1)NCCNC(=O)Cc1cccc(F)c1.I. The highest BCUT2D eigenvalue weighted by molar-refractivity contribution is 14.0. The Morgan fingerprint density at radius 3 is 2.74 bits per heavy atom. The van der Waals surface area contributed by atoms with Crippen LogP contribution < -0.4 is 16.0 Å². The van der Waals surface area contributed by atoms with Crippen LogP contribution in [0.5, 0.6) is 0 Å². The third-order valence-corrected chi connectivity index (χ3v) is 4.75. The van der Waals surface area contributed by atoms with E-state index in [-0.39, 0.29) is 42.1 Å². The summed E-state index contributed by atoms with van der Waals surface area (Å²) in [7, 11) is 0. The highest BCUT2D eigenvalue weighted by atomic mass is 127. The van der Waals surface area contributed by atoms with E-state index in [2.05, 4.69) is 20.9 Å². The smallest absolute Gasteiger partial charge is 0.224 e. The van der Waals surface area contributed by atoms with Crippen molar-refractivity contribution < 1.29 is 18.7 Å². The van der Waals surface area contributed by atoms with Gasteiger partial charge < -0.3 is 25.4 Å². The minimum atomic E-state index is -0.331. The zero-order valence-corrected chi connectivity index (χ0v) is 20.7. The molecule has 0 aliphatic carbocycles. The van der Waals surface area contributed by atoms with Crippen LogP contribution in [0.15, 0.2) is 29.3 Å². The van der Waals surface area contributed by atoms with Gasteiger partial charge in [0, 0.05) is 52.6 Å². The van der Waals surface area contributed by atoms with Crippen LogP contribution in [0.1, 0.15) is 31.7 Å². The fraction of sp³-hybridized carbons (Fsp3) is 0.636. The molecule has 176 valence electrons. The van der Waals surface area contributed by atoms with Crippen molar-refractivity contribution in [2.75, 3.05) is 52.6 Å². The van der Waals surface area contributed by atoms with Crippen molar-refractivity contribution >= 4 is 35.8 Å². The van der Waals surface area contributed by atoms with Crippen LogP contribution in [0.25, 0.3) is 0 Å². The molecule has 0 spiro atoms. The Morgan fingerprint density at radius 2 is 2.00 bits per heavy atom. The number of carbonyl (C=O) groups is 1. The van der Waals surface area contributed by atoms with E-state index >= 15 is 0 Å². The molecule has 1 saturated heterocycles. The van der Waals surface area contributed by atoms with Crippen molar-refractivity contribution in [3.05, 3.63) is 35.6 Å². The third kappa shape index (κ3) is 12.9. The first-order chi connectivity index (χ1) is 14.7. The van der Waals surface area contributed by atoms with Gasteiger partial charge in [-0.1, -0.05) is 12.1 Å². The molecular weight excluding hydrogens is 514 g/mol. The first-order valence-electron chi connectivity index (χ1n) is 10.9. The summed E-state index contributed by atoms with van der Waals surface area (Å²) < 4.78 is 24.3. The van der Waals surface area contributed by atoms with E-state index in [1.807, 2.05) is 6.92 Å². The summed E-state index contributed by atoms with van der Waals surface area (Å²) in [4.78, 5) is 16.5. The van der Waals surface area contributed by atoms with Crippen LogP contribution in [-0.2, 0) is 20.7 Å². The van der Waals surface area contributed by atoms with Crippen molar-refractivity contribution in [2.24, 2.45) is 10.9 Å². The summed E-state index contributed by atoms with van der Waals surface area (Å²) in [6.07, 6.45) is 3.21. The van der Waals surface area contributed by atoms with E-state index in [1.54, 1.807) is 12.1 Å². The normalized spacial score (nSPS) is 14.6. The fourth-order valence-corrected chi connectivity index (χ4v) is 3.14. The van der Waals surface area contributed by atoms with Crippen molar-refractivity contribution in [1.29, 1.82) is 0 Å². The molecule has 0 atom stereocenters. The van der Waals surface area contributed by atoms with E-state index in [1.165, 1.54) is 12.1 Å². The van der Waals surface area contributed by atoms with Gasteiger partial charge in [0.15, 0.2) is 5.96 Å². The molecule has 1 aliphatic heterocycles. The molecule has 1 heterocycles. The molecule has 0 saturated carbocycles. The van der Waals surface area contributed by atoms with Gasteiger partial charge in [0.2, 0.25) is 5.91 Å². The van der Waals surface area contributed by atoms with Gasteiger partial charge in [-0.05, 0) is 49.8 Å². The maximum atomic E-state index is 13.2. The molecule has 0 unspecified atom stereocenters. The van der Waals surface area contributed by atoms with Crippen molar-refractivity contribution in [3.63, 3.8) is 0 Å². The Kier molecular flexibility index (Phi) is 15.2. The molecule has 1 amide bonds. The molecule has 9 heteroatoms. The Labute approximate surface area is 202 Å². The lowest BCUT2D eigenvalue weighted by molar-refractivity contribution is -0.120. The number of halogens is 2. The second-order valence-corrected chi connectivity index (χ2v) is 7.33. The predicted molar refractivity (Wildman–Crippen MR) is 131 cm³/mol. The van der Waals surface area contributed by atoms with Gasteiger partial charge >= 0.3 is 0 Å². The van der Waals surface area contributed by atoms with Crippen LogP contribution in [-0.4, -0.2) is 64.5 Å². The summed E-state index contributed by atoms with van der Waals surface area (Å²) >= 11 is 0. The Balaban J connectivity index is 0.00000480. The van der Waals surface area contributed by atoms with Crippen LogP contribution >= 0.6 is 24.0 Å². The molecule has 3 N–H and O–H groups in total. The van der Waals surface area contributed by atoms with Gasteiger partial charge in [-0.2, -0.15) is 0 Å². The number of carbonyl (C=O) groups excluding carboxylic acids is 1. The summed E-state index contributed by atoms with van der Waals surface area (Å²) in [6.45, 7) is 7.68. The number of guanidine groups is 1. The predicted octanol–water partition coefficient (Wildman–Crippen LogP) is 2.49. The number of ether oxygens (including phenoxy) is 2. The Bertz CT molecular complexity index is 657. The second-order valence-electron chi connectivity index (χ2n) is 7.33. The van der Waals surface area contributed by atoms with Crippen LogP contribution in [0.3, 0.4) is 0 Å². The highest BCUT2D eigenvalue weighted by Gasteiger charge is 2.13. The third-order valence-electron chi connectivity index (χ3n) is 4.75. The van der Waals surface area contributed by atoms with Crippen molar-refractivity contribution in [1.82, 2.24) is 16.0 Å². The summed E-state index contributed by atoms with van der Waals surface area (Å²) in [5.41, 5.74) is 0.661. The molecular formula is C22H36FIN4O3. The summed E-state index contributed by atoms with van der Waals surface area (Å²) in [6, 6.07) is 6.09. The zero-order chi connectivity index (χ0) is 21.4. The van der Waals surface area contributed by atoms with Crippen molar-refractivity contribution in [2.45, 2.75) is 32.6 Å². The summed E-state index contributed by atoms with van der Waals surface area (Å²) in [5.74, 6) is 0.882. The maximum Gasteiger partial charge on any atom is 0.224 e.